The molecule has 1 aromatic carbocycles. The summed E-state index contributed by atoms with van der Waals surface area (Å²) in [5.74, 6) is 0.0616. The Labute approximate surface area is 149 Å². The van der Waals surface area contributed by atoms with E-state index in [1.807, 2.05) is 4.90 Å². The molecule has 1 aliphatic heterocycles. The van der Waals surface area contributed by atoms with Crippen molar-refractivity contribution in [3.8, 4) is 5.75 Å². The van der Waals surface area contributed by atoms with Gasteiger partial charge in [0, 0.05) is 13.1 Å². The van der Waals surface area contributed by atoms with E-state index in [1.165, 1.54) is 13.4 Å². The van der Waals surface area contributed by atoms with Gasteiger partial charge in [-0.25, -0.2) is 9.97 Å². The highest BCUT2D eigenvalue weighted by Crippen LogP contribution is 2.33. The minimum absolute atomic E-state index is 0.0739. The number of rotatable bonds is 6. The molecule has 10 nitrogen and oxygen atoms in total. The predicted octanol–water partition coefficient (Wildman–Crippen LogP) is 1.75. The Morgan fingerprint density at radius 3 is 2.69 bits per heavy atom. The van der Waals surface area contributed by atoms with E-state index < -0.39 is 10.8 Å². The lowest BCUT2D eigenvalue weighted by Crippen LogP contribution is -2.31. The van der Waals surface area contributed by atoms with Gasteiger partial charge in [0.15, 0.2) is 0 Å². The van der Waals surface area contributed by atoms with Gasteiger partial charge in [0.1, 0.15) is 12.1 Å². The minimum Gasteiger partial charge on any atom is -0.496 e. The normalized spacial score (nSPS) is 13.3. The van der Waals surface area contributed by atoms with Gasteiger partial charge in [-0.15, -0.1) is 0 Å². The maximum atomic E-state index is 12.3. The predicted molar refractivity (Wildman–Crippen MR) is 94.2 cm³/mol. The van der Waals surface area contributed by atoms with Gasteiger partial charge in [0.2, 0.25) is 11.6 Å². The van der Waals surface area contributed by atoms with Gasteiger partial charge in [-0.1, -0.05) is 12.1 Å². The lowest BCUT2D eigenvalue weighted by molar-refractivity contribution is -0.383. The molecule has 2 N–H and O–H groups in total. The van der Waals surface area contributed by atoms with Gasteiger partial charge < -0.3 is 9.64 Å². The van der Waals surface area contributed by atoms with Crippen LogP contribution >= 0.6 is 0 Å². The number of carbonyl (C=O) groups excluding carboxylic acids is 1. The van der Waals surface area contributed by atoms with Crippen molar-refractivity contribution in [2.24, 2.45) is 0 Å². The maximum Gasteiger partial charge on any atom is 0.355 e. The quantitative estimate of drug-likeness (QED) is 0.591. The van der Waals surface area contributed by atoms with Crippen molar-refractivity contribution in [1.82, 2.24) is 15.4 Å². The van der Waals surface area contributed by atoms with Crippen LogP contribution in [0.4, 0.5) is 17.3 Å². The second-order valence-electron chi connectivity index (χ2n) is 5.63. The fraction of sp³-hybridized carbons (Fsp3) is 0.312. The summed E-state index contributed by atoms with van der Waals surface area (Å²) >= 11 is 0. The van der Waals surface area contributed by atoms with Crippen molar-refractivity contribution < 1.29 is 14.5 Å². The van der Waals surface area contributed by atoms with Crippen molar-refractivity contribution in [1.29, 1.82) is 0 Å². The van der Waals surface area contributed by atoms with E-state index in [2.05, 4.69) is 20.8 Å². The molecule has 0 bridgehead atoms. The third-order valence-corrected chi connectivity index (χ3v) is 4.04. The van der Waals surface area contributed by atoms with Crippen LogP contribution in [0.5, 0.6) is 5.75 Å². The summed E-state index contributed by atoms with van der Waals surface area (Å²) in [4.78, 5) is 33.1. The number of nitrogens with one attached hydrogen (secondary N) is 2. The molecular formula is C16H18N6O4. The summed E-state index contributed by atoms with van der Waals surface area (Å²) in [6, 6.07) is 6.66. The molecule has 0 aliphatic carbocycles. The number of para-hydroxylation sites is 1. The van der Waals surface area contributed by atoms with Crippen LogP contribution in [0, 0.1) is 10.1 Å². The van der Waals surface area contributed by atoms with Crippen LogP contribution < -0.4 is 20.5 Å². The molecule has 0 radical (unpaired) electrons. The van der Waals surface area contributed by atoms with Gasteiger partial charge >= 0.3 is 5.69 Å². The molecule has 26 heavy (non-hydrogen) atoms. The van der Waals surface area contributed by atoms with E-state index in [9.17, 15) is 14.9 Å². The molecule has 1 fully saturated rings. The molecule has 1 saturated heterocycles. The molecule has 3 rings (SSSR count). The Kier molecular flexibility index (Phi) is 5.11. The molecular weight excluding hydrogens is 340 g/mol. The zero-order valence-electron chi connectivity index (χ0n) is 14.1. The summed E-state index contributed by atoms with van der Waals surface area (Å²) < 4.78 is 5.14. The second-order valence-corrected chi connectivity index (χ2v) is 5.63. The third kappa shape index (κ3) is 3.48. The Balaban J connectivity index is 1.82. The Bertz CT molecular complexity index is 822. The molecule has 0 spiro atoms. The van der Waals surface area contributed by atoms with Gasteiger partial charge in [-0.05, 0) is 25.0 Å². The van der Waals surface area contributed by atoms with Crippen molar-refractivity contribution in [2.45, 2.75) is 12.8 Å². The van der Waals surface area contributed by atoms with E-state index in [0.29, 0.717) is 24.4 Å². The lowest BCUT2D eigenvalue weighted by Gasteiger charge is -2.17. The number of hydrogen-bond acceptors (Lipinski definition) is 8. The van der Waals surface area contributed by atoms with Gasteiger partial charge in [0.25, 0.3) is 5.91 Å². The number of aromatic nitrogens is 2. The first-order valence-corrected chi connectivity index (χ1v) is 8.05. The number of amides is 1. The van der Waals surface area contributed by atoms with E-state index in [4.69, 9.17) is 4.74 Å². The number of nitro groups is 1. The summed E-state index contributed by atoms with van der Waals surface area (Å²) in [6.07, 6.45) is 3.14. The van der Waals surface area contributed by atoms with Crippen molar-refractivity contribution in [2.75, 3.05) is 30.5 Å². The van der Waals surface area contributed by atoms with E-state index >= 15 is 0 Å². The van der Waals surface area contributed by atoms with Crippen LogP contribution in [0.25, 0.3) is 0 Å². The van der Waals surface area contributed by atoms with Crippen LogP contribution in [0.1, 0.15) is 23.2 Å². The zero-order valence-corrected chi connectivity index (χ0v) is 14.1. The number of ether oxygens (including phenoxy) is 1. The van der Waals surface area contributed by atoms with E-state index in [0.717, 1.165) is 12.8 Å². The van der Waals surface area contributed by atoms with Crippen molar-refractivity contribution >= 4 is 23.2 Å². The molecule has 1 amide bonds. The highest BCUT2D eigenvalue weighted by Gasteiger charge is 2.28. The first-order valence-electron chi connectivity index (χ1n) is 8.05. The number of hydrogen-bond donors (Lipinski definition) is 2. The smallest absolute Gasteiger partial charge is 0.355 e. The average molecular weight is 358 g/mol. The molecule has 2 heterocycles. The second kappa shape index (κ2) is 7.64. The molecule has 136 valence electrons. The largest absolute Gasteiger partial charge is 0.496 e. The summed E-state index contributed by atoms with van der Waals surface area (Å²) in [7, 11) is 1.46. The summed E-state index contributed by atoms with van der Waals surface area (Å²) in [6.45, 7) is 1.40. The first-order chi connectivity index (χ1) is 12.6. The van der Waals surface area contributed by atoms with Gasteiger partial charge in [0.05, 0.1) is 17.6 Å². The molecule has 0 unspecified atom stereocenters. The van der Waals surface area contributed by atoms with Crippen LogP contribution in [0.2, 0.25) is 0 Å². The molecule has 1 aliphatic rings. The number of anilines is 2. The Morgan fingerprint density at radius 2 is 2.00 bits per heavy atom. The molecule has 10 heteroatoms. The fourth-order valence-corrected chi connectivity index (χ4v) is 2.80. The number of nitrogens with zero attached hydrogens (tertiary/aromatic N) is 4. The minimum atomic E-state index is -0.550. The third-order valence-electron chi connectivity index (χ3n) is 4.04. The average Bonchev–Trinajstić information content (AvgIpc) is 3.20. The Hall–Kier alpha value is -3.43. The molecule has 0 atom stereocenters. The van der Waals surface area contributed by atoms with Gasteiger partial charge in [-0.2, -0.15) is 0 Å². The topological polar surface area (TPSA) is 123 Å². The highest BCUT2D eigenvalue weighted by atomic mass is 16.6. The van der Waals surface area contributed by atoms with Crippen LogP contribution in [0.3, 0.4) is 0 Å². The molecule has 2 aromatic rings. The van der Waals surface area contributed by atoms with Crippen molar-refractivity contribution in [3.05, 3.63) is 46.3 Å². The Morgan fingerprint density at radius 1 is 1.27 bits per heavy atom. The monoisotopic (exact) mass is 358 g/mol. The maximum absolute atomic E-state index is 12.3. The number of methoxy groups -OCH3 is 1. The van der Waals surface area contributed by atoms with E-state index in [-0.39, 0.29) is 17.3 Å². The van der Waals surface area contributed by atoms with Crippen LogP contribution in [-0.2, 0) is 0 Å². The highest BCUT2D eigenvalue weighted by molar-refractivity contribution is 5.97. The lowest BCUT2D eigenvalue weighted by atomic mass is 10.2. The summed E-state index contributed by atoms with van der Waals surface area (Å²) in [5, 5.41) is 11.5. The molecule has 1 aromatic heterocycles. The molecule has 0 saturated carbocycles. The SMILES string of the molecule is COc1ccccc1C(=O)NNc1ncnc(N2CCCC2)c1[N+](=O)[O-]. The van der Waals surface area contributed by atoms with Crippen molar-refractivity contribution in [3.63, 3.8) is 0 Å². The standard InChI is InChI=1S/C16H18N6O4/c1-26-12-7-3-2-6-11(12)16(23)20-19-14-13(22(24)25)15(18-10-17-14)21-8-4-5-9-21/h2-3,6-7,10H,4-5,8-9H2,1H3,(H,20,23)(H,17,18,19). The summed E-state index contributed by atoms with van der Waals surface area (Å²) in [5.41, 5.74) is 4.98. The number of hydrazine groups is 1. The van der Waals surface area contributed by atoms with E-state index in [1.54, 1.807) is 24.3 Å². The number of benzene rings is 1. The first kappa shape index (κ1) is 17.4. The van der Waals surface area contributed by atoms with Crippen LogP contribution in [-0.4, -0.2) is 41.0 Å². The van der Waals surface area contributed by atoms with Gasteiger partial charge in [-0.3, -0.25) is 25.8 Å². The fourth-order valence-electron chi connectivity index (χ4n) is 2.80. The zero-order chi connectivity index (χ0) is 18.5. The number of carbonyl (C=O) groups is 1. The van der Waals surface area contributed by atoms with Crippen LogP contribution in [0.15, 0.2) is 30.6 Å².